The highest BCUT2D eigenvalue weighted by Crippen LogP contribution is 2.08. The van der Waals surface area contributed by atoms with Gasteiger partial charge in [0.1, 0.15) is 0 Å². The molecule has 0 spiro atoms. The maximum absolute atomic E-state index is 11.8. The van der Waals surface area contributed by atoms with E-state index in [1.807, 2.05) is 30.7 Å². The van der Waals surface area contributed by atoms with Crippen LogP contribution in [0.1, 0.15) is 19.4 Å². The fourth-order valence-corrected chi connectivity index (χ4v) is 2.12. The zero-order valence-corrected chi connectivity index (χ0v) is 12.4. The molecule has 2 amide bonds. The average molecular weight is 283 g/mol. The quantitative estimate of drug-likeness (QED) is 0.811. The van der Waals surface area contributed by atoms with E-state index in [2.05, 4.69) is 5.32 Å². The van der Waals surface area contributed by atoms with Gasteiger partial charge in [0.2, 0.25) is 11.8 Å². The third-order valence-corrected chi connectivity index (χ3v) is 3.59. The highest BCUT2D eigenvalue weighted by atomic mass is 32.1. The Morgan fingerprint density at radius 3 is 2.68 bits per heavy atom. The summed E-state index contributed by atoms with van der Waals surface area (Å²) in [4.78, 5) is 25.0. The molecule has 1 aromatic heterocycles. The van der Waals surface area contributed by atoms with E-state index < -0.39 is 6.04 Å². The van der Waals surface area contributed by atoms with Crippen LogP contribution in [-0.2, 0) is 16.1 Å². The van der Waals surface area contributed by atoms with E-state index in [1.54, 1.807) is 23.3 Å². The SMILES string of the molecule is CC(C)[C@H](N)C(=O)NCC(=O)N(C)Cc1ccsc1. The highest BCUT2D eigenvalue weighted by molar-refractivity contribution is 7.07. The van der Waals surface area contributed by atoms with Gasteiger partial charge in [-0.1, -0.05) is 13.8 Å². The van der Waals surface area contributed by atoms with E-state index in [1.165, 1.54) is 0 Å². The number of nitrogens with two attached hydrogens (primary N) is 1. The number of hydrogen-bond acceptors (Lipinski definition) is 4. The lowest BCUT2D eigenvalue weighted by Crippen LogP contribution is -2.47. The third-order valence-electron chi connectivity index (χ3n) is 2.86. The molecule has 0 aliphatic heterocycles. The Balaban J connectivity index is 2.36. The standard InChI is InChI=1S/C13H21N3O2S/c1-9(2)12(14)13(18)15-6-11(17)16(3)7-10-4-5-19-8-10/h4-5,8-9,12H,6-7,14H2,1-3H3,(H,15,18)/t12-/m0/s1. The summed E-state index contributed by atoms with van der Waals surface area (Å²) >= 11 is 1.59. The summed E-state index contributed by atoms with van der Waals surface area (Å²) < 4.78 is 0. The van der Waals surface area contributed by atoms with E-state index in [4.69, 9.17) is 5.73 Å². The smallest absolute Gasteiger partial charge is 0.242 e. The molecule has 19 heavy (non-hydrogen) atoms. The summed E-state index contributed by atoms with van der Waals surface area (Å²) in [5.74, 6) is -0.360. The van der Waals surface area contributed by atoms with Gasteiger partial charge in [-0.25, -0.2) is 0 Å². The lowest BCUT2D eigenvalue weighted by atomic mass is 10.1. The van der Waals surface area contributed by atoms with Gasteiger partial charge in [-0.3, -0.25) is 9.59 Å². The molecule has 0 radical (unpaired) electrons. The molecule has 1 aromatic rings. The summed E-state index contributed by atoms with van der Waals surface area (Å²) in [6.45, 7) is 4.28. The van der Waals surface area contributed by atoms with E-state index in [0.29, 0.717) is 6.54 Å². The highest BCUT2D eigenvalue weighted by Gasteiger charge is 2.18. The fraction of sp³-hybridized carbons (Fsp3) is 0.538. The Hall–Kier alpha value is -1.40. The molecule has 0 aliphatic carbocycles. The first-order valence-electron chi connectivity index (χ1n) is 6.20. The largest absolute Gasteiger partial charge is 0.346 e. The third kappa shape index (κ3) is 5.00. The van der Waals surface area contributed by atoms with Crippen LogP contribution < -0.4 is 11.1 Å². The fourth-order valence-electron chi connectivity index (χ4n) is 1.46. The molecular weight excluding hydrogens is 262 g/mol. The molecule has 0 aliphatic rings. The van der Waals surface area contributed by atoms with Gasteiger partial charge in [0.15, 0.2) is 0 Å². The van der Waals surface area contributed by atoms with Crippen molar-refractivity contribution in [1.82, 2.24) is 10.2 Å². The molecule has 3 N–H and O–H groups in total. The van der Waals surface area contributed by atoms with Crippen LogP contribution in [0.5, 0.6) is 0 Å². The van der Waals surface area contributed by atoms with Gasteiger partial charge < -0.3 is 16.0 Å². The van der Waals surface area contributed by atoms with Crippen molar-refractivity contribution >= 4 is 23.2 Å². The van der Waals surface area contributed by atoms with E-state index in [9.17, 15) is 9.59 Å². The van der Waals surface area contributed by atoms with Crippen LogP contribution in [0, 0.1) is 5.92 Å². The first kappa shape index (κ1) is 15.7. The van der Waals surface area contributed by atoms with Crippen molar-refractivity contribution in [1.29, 1.82) is 0 Å². The topological polar surface area (TPSA) is 75.4 Å². The molecule has 106 valence electrons. The second kappa shape index (κ2) is 7.25. The molecule has 1 rings (SSSR count). The maximum atomic E-state index is 11.8. The summed E-state index contributed by atoms with van der Waals surface area (Å²) in [5.41, 5.74) is 6.79. The lowest BCUT2D eigenvalue weighted by Gasteiger charge is -2.19. The second-order valence-corrected chi connectivity index (χ2v) is 5.65. The number of carbonyl (C=O) groups excluding carboxylic acids is 2. The van der Waals surface area contributed by atoms with E-state index in [0.717, 1.165) is 5.56 Å². The van der Waals surface area contributed by atoms with Gasteiger partial charge in [-0.05, 0) is 28.3 Å². The normalized spacial score (nSPS) is 12.3. The Kier molecular flexibility index (Phi) is 5.98. The van der Waals surface area contributed by atoms with Crippen molar-refractivity contribution < 1.29 is 9.59 Å². The number of carbonyl (C=O) groups is 2. The summed E-state index contributed by atoms with van der Waals surface area (Å²) in [7, 11) is 1.72. The first-order valence-corrected chi connectivity index (χ1v) is 7.14. The monoisotopic (exact) mass is 283 g/mol. The van der Waals surface area contributed by atoms with Gasteiger partial charge >= 0.3 is 0 Å². The minimum Gasteiger partial charge on any atom is -0.346 e. The van der Waals surface area contributed by atoms with Gasteiger partial charge in [0.05, 0.1) is 12.6 Å². The zero-order valence-electron chi connectivity index (χ0n) is 11.6. The molecule has 0 aromatic carbocycles. The van der Waals surface area contributed by atoms with Crippen molar-refractivity contribution in [2.24, 2.45) is 11.7 Å². The summed E-state index contributed by atoms with van der Waals surface area (Å²) in [6, 6.07) is 1.40. The Labute approximate surface area is 117 Å². The molecule has 1 atom stereocenters. The van der Waals surface area contributed by atoms with E-state index in [-0.39, 0.29) is 24.3 Å². The van der Waals surface area contributed by atoms with Crippen LogP contribution in [0.3, 0.4) is 0 Å². The summed E-state index contributed by atoms with van der Waals surface area (Å²) in [5, 5.41) is 6.54. The van der Waals surface area contributed by atoms with Crippen molar-refractivity contribution in [3.63, 3.8) is 0 Å². The zero-order chi connectivity index (χ0) is 14.4. The number of nitrogens with zero attached hydrogens (tertiary/aromatic N) is 1. The predicted molar refractivity (Wildman–Crippen MR) is 76.6 cm³/mol. The molecule has 0 saturated carbocycles. The van der Waals surface area contributed by atoms with Crippen LogP contribution >= 0.6 is 11.3 Å². The average Bonchev–Trinajstić information content (AvgIpc) is 2.86. The molecule has 0 unspecified atom stereocenters. The molecule has 0 fully saturated rings. The molecule has 6 heteroatoms. The predicted octanol–water partition coefficient (Wildman–Crippen LogP) is 0.806. The van der Waals surface area contributed by atoms with Crippen LogP contribution in [0.15, 0.2) is 16.8 Å². The van der Waals surface area contributed by atoms with Gasteiger partial charge in [0.25, 0.3) is 0 Å². The van der Waals surface area contributed by atoms with Crippen LogP contribution in [0.25, 0.3) is 0 Å². The number of thiophene rings is 1. The molecular formula is C13H21N3O2S. The number of likely N-dealkylation sites (N-methyl/N-ethyl adjacent to an activating group) is 1. The van der Waals surface area contributed by atoms with Gasteiger partial charge in [-0.15, -0.1) is 0 Å². The number of hydrogen-bond donors (Lipinski definition) is 2. The van der Waals surface area contributed by atoms with Crippen molar-refractivity contribution in [3.05, 3.63) is 22.4 Å². The number of amides is 2. The van der Waals surface area contributed by atoms with Crippen LogP contribution in [0.4, 0.5) is 0 Å². The molecule has 0 saturated heterocycles. The number of rotatable bonds is 6. The minimum atomic E-state index is -0.574. The Morgan fingerprint density at radius 1 is 1.47 bits per heavy atom. The number of nitrogens with one attached hydrogen (secondary N) is 1. The van der Waals surface area contributed by atoms with Crippen molar-refractivity contribution in [3.8, 4) is 0 Å². The van der Waals surface area contributed by atoms with E-state index >= 15 is 0 Å². The van der Waals surface area contributed by atoms with Gasteiger partial charge in [0, 0.05) is 13.6 Å². The first-order chi connectivity index (χ1) is 8.91. The van der Waals surface area contributed by atoms with Crippen LogP contribution in [0.2, 0.25) is 0 Å². The molecule has 1 heterocycles. The van der Waals surface area contributed by atoms with Crippen molar-refractivity contribution in [2.45, 2.75) is 26.4 Å². The lowest BCUT2D eigenvalue weighted by molar-refractivity contribution is -0.132. The van der Waals surface area contributed by atoms with Crippen LogP contribution in [-0.4, -0.2) is 36.3 Å². The van der Waals surface area contributed by atoms with Crippen molar-refractivity contribution in [2.75, 3.05) is 13.6 Å². The maximum Gasteiger partial charge on any atom is 0.242 e. The Bertz CT molecular complexity index is 418. The molecule has 5 nitrogen and oxygen atoms in total. The summed E-state index contributed by atoms with van der Waals surface area (Å²) in [6.07, 6.45) is 0. The minimum absolute atomic E-state index is 0.0140. The Morgan fingerprint density at radius 2 is 2.16 bits per heavy atom. The second-order valence-electron chi connectivity index (χ2n) is 4.87. The van der Waals surface area contributed by atoms with Gasteiger partial charge in [-0.2, -0.15) is 11.3 Å². The molecule has 0 bridgehead atoms.